The van der Waals surface area contributed by atoms with E-state index < -0.39 is 0 Å². The summed E-state index contributed by atoms with van der Waals surface area (Å²) in [5.74, 6) is -0.0402. The van der Waals surface area contributed by atoms with Gasteiger partial charge in [-0.3, -0.25) is 14.2 Å². The van der Waals surface area contributed by atoms with Crippen LogP contribution in [-0.2, 0) is 24.2 Å². The Hall–Kier alpha value is -2.15. The highest BCUT2D eigenvalue weighted by molar-refractivity contribution is 5.95. The van der Waals surface area contributed by atoms with Crippen molar-refractivity contribution < 1.29 is 9.53 Å². The second-order valence-electron chi connectivity index (χ2n) is 6.47. The van der Waals surface area contributed by atoms with Crippen molar-refractivity contribution in [2.75, 3.05) is 6.61 Å². The van der Waals surface area contributed by atoms with E-state index in [0.29, 0.717) is 5.56 Å². The Balaban J connectivity index is 1.51. The van der Waals surface area contributed by atoms with E-state index in [2.05, 4.69) is 22.4 Å². The first kappa shape index (κ1) is 15.4. The van der Waals surface area contributed by atoms with E-state index in [1.165, 1.54) is 0 Å². The Bertz CT molecular complexity index is 735. The molecule has 1 fully saturated rings. The van der Waals surface area contributed by atoms with Gasteiger partial charge in [-0.1, -0.05) is 0 Å². The average Bonchev–Trinajstić information content (AvgIpc) is 3.31. The Morgan fingerprint density at radius 1 is 1.38 bits per heavy atom. The van der Waals surface area contributed by atoms with Crippen LogP contribution < -0.4 is 5.32 Å². The van der Waals surface area contributed by atoms with E-state index in [1.807, 2.05) is 21.8 Å². The number of fused-ring (bicyclic) bond motifs is 1. The minimum atomic E-state index is -0.133. The van der Waals surface area contributed by atoms with Gasteiger partial charge in [0, 0.05) is 31.5 Å². The maximum atomic E-state index is 12.7. The minimum absolute atomic E-state index is 0.0299. The Morgan fingerprint density at radius 3 is 3.12 bits per heavy atom. The second kappa shape index (κ2) is 6.39. The van der Waals surface area contributed by atoms with Crippen molar-refractivity contribution in [3.8, 4) is 0 Å². The lowest BCUT2D eigenvalue weighted by atomic mass is 9.97. The predicted molar refractivity (Wildman–Crippen MR) is 87.6 cm³/mol. The molecule has 1 saturated heterocycles. The SMILES string of the molecule is CCn1cc([C@H]2OCCC[C@@H]2NC(=O)c2cnn3c2CCC3)cn1. The van der Waals surface area contributed by atoms with E-state index in [-0.39, 0.29) is 18.1 Å². The summed E-state index contributed by atoms with van der Waals surface area (Å²) in [5.41, 5.74) is 2.79. The van der Waals surface area contributed by atoms with Crippen LogP contribution in [0.1, 0.15) is 53.9 Å². The lowest BCUT2D eigenvalue weighted by Gasteiger charge is -2.31. The largest absolute Gasteiger partial charge is 0.371 e. The number of hydrogen-bond acceptors (Lipinski definition) is 4. The molecule has 24 heavy (non-hydrogen) atoms. The first-order valence-electron chi connectivity index (χ1n) is 8.75. The summed E-state index contributed by atoms with van der Waals surface area (Å²) in [6, 6.07) is -0.0299. The van der Waals surface area contributed by atoms with Gasteiger partial charge in [0.1, 0.15) is 6.10 Å². The summed E-state index contributed by atoms with van der Waals surface area (Å²) in [7, 11) is 0. The molecule has 2 atom stereocenters. The van der Waals surface area contributed by atoms with Crippen LogP contribution >= 0.6 is 0 Å². The molecule has 1 N–H and O–H groups in total. The van der Waals surface area contributed by atoms with Gasteiger partial charge < -0.3 is 10.1 Å². The van der Waals surface area contributed by atoms with Gasteiger partial charge in [0.05, 0.1) is 29.7 Å². The maximum Gasteiger partial charge on any atom is 0.255 e. The van der Waals surface area contributed by atoms with Crippen LogP contribution in [-0.4, -0.2) is 38.1 Å². The molecule has 4 heterocycles. The summed E-state index contributed by atoms with van der Waals surface area (Å²) in [5, 5.41) is 11.8. The van der Waals surface area contributed by atoms with Crippen molar-refractivity contribution in [3.05, 3.63) is 35.4 Å². The smallest absolute Gasteiger partial charge is 0.255 e. The number of nitrogens with one attached hydrogen (secondary N) is 1. The molecule has 0 saturated carbocycles. The summed E-state index contributed by atoms with van der Waals surface area (Å²) >= 11 is 0. The summed E-state index contributed by atoms with van der Waals surface area (Å²) < 4.78 is 9.78. The molecule has 7 nitrogen and oxygen atoms in total. The van der Waals surface area contributed by atoms with Gasteiger partial charge in [0.2, 0.25) is 0 Å². The number of nitrogens with zero attached hydrogens (tertiary/aromatic N) is 4. The highest BCUT2D eigenvalue weighted by Gasteiger charge is 2.31. The zero-order chi connectivity index (χ0) is 16.5. The third kappa shape index (κ3) is 2.73. The van der Waals surface area contributed by atoms with Crippen LogP contribution in [0.25, 0.3) is 0 Å². The second-order valence-corrected chi connectivity index (χ2v) is 6.47. The number of aryl methyl sites for hydroxylation is 2. The topological polar surface area (TPSA) is 74.0 Å². The van der Waals surface area contributed by atoms with Gasteiger partial charge in [-0.15, -0.1) is 0 Å². The van der Waals surface area contributed by atoms with Crippen molar-refractivity contribution >= 4 is 5.91 Å². The number of hydrogen-bond donors (Lipinski definition) is 1. The number of carbonyl (C=O) groups excluding carboxylic acids is 1. The fourth-order valence-corrected chi connectivity index (χ4v) is 3.66. The van der Waals surface area contributed by atoms with E-state index in [9.17, 15) is 4.79 Å². The number of carbonyl (C=O) groups is 1. The Labute approximate surface area is 141 Å². The molecule has 128 valence electrons. The number of ether oxygens (including phenoxy) is 1. The molecule has 0 unspecified atom stereocenters. The molecule has 0 aliphatic carbocycles. The van der Waals surface area contributed by atoms with Gasteiger partial charge >= 0.3 is 0 Å². The predicted octanol–water partition coefficient (Wildman–Crippen LogP) is 1.70. The normalized spacial score (nSPS) is 23.2. The molecule has 2 aliphatic heterocycles. The van der Waals surface area contributed by atoms with Crippen LogP contribution in [0.15, 0.2) is 18.6 Å². The molecule has 4 rings (SSSR count). The van der Waals surface area contributed by atoms with E-state index >= 15 is 0 Å². The standard InChI is InChI=1S/C17H23N5O2/c1-2-21-11-12(9-18-21)16-14(5-4-8-24-16)20-17(23)13-10-19-22-7-3-6-15(13)22/h9-11,14,16H,2-8H2,1H3,(H,20,23)/t14-,16+/m0/s1. The van der Waals surface area contributed by atoms with Crippen molar-refractivity contribution in [1.29, 1.82) is 0 Å². The van der Waals surface area contributed by atoms with Gasteiger partial charge in [-0.05, 0) is 32.6 Å². The number of aromatic nitrogens is 4. The average molecular weight is 329 g/mol. The van der Waals surface area contributed by atoms with Crippen molar-refractivity contribution in [2.24, 2.45) is 0 Å². The summed E-state index contributed by atoms with van der Waals surface area (Å²) in [4.78, 5) is 12.7. The monoisotopic (exact) mass is 329 g/mol. The van der Waals surface area contributed by atoms with Crippen LogP contribution in [0.2, 0.25) is 0 Å². The van der Waals surface area contributed by atoms with Gasteiger partial charge in [-0.2, -0.15) is 10.2 Å². The quantitative estimate of drug-likeness (QED) is 0.926. The summed E-state index contributed by atoms with van der Waals surface area (Å²) in [6.45, 7) is 4.51. The van der Waals surface area contributed by atoms with E-state index in [0.717, 1.165) is 56.6 Å². The Morgan fingerprint density at radius 2 is 2.29 bits per heavy atom. The zero-order valence-corrected chi connectivity index (χ0v) is 13.9. The van der Waals surface area contributed by atoms with Crippen molar-refractivity contribution in [3.63, 3.8) is 0 Å². The lowest BCUT2D eigenvalue weighted by Crippen LogP contribution is -2.42. The van der Waals surface area contributed by atoms with E-state index in [1.54, 1.807) is 6.20 Å². The fourth-order valence-electron chi connectivity index (χ4n) is 3.66. The molecule has 1 amide bonds. The molecule has 2 aliphatic rings. The molecule has 0 radical (unpaired) electrons. The molecule has 0 aromatic carbocycles. The zero-order valence-electron chi connectivity index (χ0n) is 13.9. The Kier molecular flexibility index (Phi) is 4.10. The van der Waals surface area contributed by atoms with Gasteiger partial charge in [0.15, 0.2) is 0 Å². The molecule has 0 bridgehead atoms. The third-order valence-corrected chi connectivity index (χ3v) is 4.92. The van der Waals surface area contributed by atoms with Gasteiger partial charge in [0.25, 0.3) is 5.91 Å². The van der Waals surface area contributed by atoms with Crippen molar-refractivity contribution in [2.45, 2.75) is 57.8 Å². The first-order valence-corrected chi connectivity index (χ1v) is 8.75. The molecule has 2 aromatic heterocycles. The number of amides is 1. The van der Waals surface area contributed by atoms with Crippen LogP contribution in [0.4, 0.5) is 0 Å². The van der Waals surface area contributed by atoms with Crippen LogP contribution in [0, 0.1) is 0 Å². The molecule has 7 heteroatoms. The highest BCUT2D eigenvalue weighted by Crippen LogP contribution is 2.29. The fraction of sp³-hybridized carbons (Fsp3) is 0.588. The minimum Gasteiger partial charge on any atom is -0.371 e. The maximum absolute atomic E-state index is 12.7. The lowest BCUT2D eigenvalue weighted by molar-refractivity contribution is -0.00951. The molecular formula is C17H23N5O2. The third-order valence-electron chi connectivity index (χ3n) is 4.92. The highest BCUT2D eigenvalue weighted by atomic mass is 16.5. The molecule has 2 aromatic rings. The number of rotatable bonds is 4. The van der Waals surface area contributed by atoms with E-state index in [4.69, 9.17) is 4.74 Å². The molecule has 0 spiro atoms. The van der Waals surface area contributed by atoms with Gasteiger partial charge in [-0.25, -0.2) is 0 Å². The van der Waals surface area contributed by atoms with Crippen molar-refractivity contribution in [1.82, 2.24) is 24.9 Å². The summed E-state index contributed by atoms with van der Waals surface area (Å²) in [6.07, 6.45) is 9.27. The molecular weight excluding hydrogens is 306 g/mol. The van der Waals surface area contributed by atoms with Crippen LogP contribution in [0.5, 0.6) is 0 Å². The van der Waals surface area contributed by atoms with Crippen LogP contribution in [0.3, 0.4) is 0 Å². The first-order chi connectivity index (χ1) is 11.8.